The number of benzene rings is 1. The predicted molar refractivity (Wildman–Crippen MR) is 77.4 cm³/mol. The molecule has 0 spiro atoms. The van der Waals surface area contributed by atoms with Crippen LogP contribution in [0.5, 0.6) is 5.75 Å². The van der Waals surface area contributed by atoms with Crippen LogP contribution in [0.1, 0.15) is 38.6 Å². The molecule has 1 aromatic heterocycles. The molecule has 19 heavy (non-hydrogen) atoms. The van der Waals surface area contributed by atoms with Crippen LogP contribution in [0.4, 0.5) is 5.95 Å². The van der Waals surface area contributed by atoms with Crippen LogP contribution >= 0.6 is 0 Å². The number of aromatic nitrogens is 2. The number of fused-ring (bicyclic) bond motifs is 1. The summed E-state index contributed by atoms with van der Waals surface area (Å²) in [6.45, 7) is 2.32. The highest BCUT2D eigenvalue weighted by Gasteiger charge is 2.26. The molecule has 1 saturated carbocycles. The summed E-state index contributed by atoms with van der Waals surface area (Å²) in [7, 11) is 1.67. The lowest BCUT2D eigenvalue weighted by Crippen LogP contribution is -2.22. The topological polar surface area (TPSA) is 53.1 Å². The number of imidazole rings is 1. The molecular formula is C15H21N3O. The third kappa shape index (κ3) is 2.05. The number of nitrogens with zero attached hydrogens (tertiary/aromatic N) is 2. The quantitative estimate of drug-likeness (QED) is 0.899. The molecule has 1 aliphatic rings. The molecule has 0 bridgehead atoms. The first-order valence-corrected chi connectivity index (χ1v) is 7.02. The molecule has 1 aromatic carbocycles. The van der Waals surface area contributed by atoms with E-state index in [1.807, 2.05) is 12.1 Å². The van der Waals surface area contributed by atoms with Gasteiger partial charge in [-0.3, -0.25) is 0 Å². The number of hydrogen-bond donors (Lipinski definition) is 1. The van der Waals surface area contributed by atoms with E-state index in [1.54, 1.807) is 7.11 Å². The summed E-state index contributed by atoms with van der Waals surface area (Å²) in [6, 6.07) is 6.48. The summed E-state index contributed by atoms with van der Waals surface area (Å²) in [5.74, 6) is 2.12. The van der Waals surface area contributed by atoms with Crippen LogP contribution in [0.25, 0.3) is 11.0 Å². The Morgan fingerprint density at radius 2 is 2.11 bits per heavy atom. The fraction of sp³-hybridized carbons (Fsp3) is 0.533. The van der Waals surface area contributed by atoms with Gasteiger partial charge < -0.3 is 15.0 Å². The van der Waals surface area contributed by atoms with Gasteiger partial charge in [-0.15, -0.1) is 0 Å². The van der Waals surface area contributed by atoms with Crippen LogP contribution in [0.15, 0.2) is 18.2 Å². The molecule has 4 heteroatoms. The second-order valence-electron chi connectivity index (χ2n) is 5.52. The van der Waals surface area contributed by atoms with Gasteiger partial charge >= 0.3 is 0 Å². The number of hydrogen-bond acceptors (Lipinski definition) is 3. The third-order valence-corrected chi connectivity index (χ3v) is 4.32. The zero-order chi connectivity index (χ0) is 13.4. The molecule has 2 atom stereocenters. The maximum absolute atomic E-state index is 6.15. The SMILES string of the molecule is COc1ccc2c(c1)nc(N)n2C1CCCCC1C. The van der Waals surface area contributed by atoms with Crippen molar-refractivity contribution in [1.82, 2.24) is 9.55 Å². The predicted octanol–water partition coefficient (Wildman–Crippen LogP) is 3.38. The summed E-state index contributed by atoms with van der Waals surface area (Å²) >= 11 is 0. The standard InChI is InChI=1S/C15H21N3O/c1-10-5-3-4-6-13(10)18-14-8-7-11(19-2)9-12(14)17-15(18)16/h7-10,13H,3-6H2,1-2H3,(H2,16,17). The van der Waals surface area contributed by atoms with E-state index in [0.717, 1.165) is 16.8 Å². The van der Waals surface area contributed by atoms with E-state index in [9.17, 15) is 0 Å². The molecule has 4 nitrogen and oxygen atoms in total. The van der Waals surface area contributed by atoms with Gasteiger partial charge in [0.2, 0.25) is 5.95 Å². The molecule has 0 saturated heterocycles. The Balaban J connectivity index is 2.09. The molecule has 102 valence electrons. The van der Waals surface area contributed by atoms with Crippen molar-refractivity contribution in [3.63, 3.8) is 0 Å². The van der Waals surface area contributed by atoms with Crippen molar-refractivity contribution >= 4 is 17.0 Å². The van der Waals surface area contributed by atoms with Gasteiger partial charge in [0.05, 0.1) is 18.1 Å². The summed E-state index contributed by atoms with van der Waals surface area (Å²) in [5, 5.41) is 0. The summed E-state index contributed by atoms with van der Waals surface area (Å²) in [5.41, 5.74) is 8.20. The normalized spacial score (nSPS) is 23.7. The van der Waals surface area contributed by atoms with Gasteiger partial charge in [-0.05, 0) is 30.9 Å². The molecule has 1 heterocycles. The molecule has 0 radical (unpaired) electrons. The number of rotatable bonds is 2. The molecule has 2 aromatic rings. The van der Waals surface area contributed by atoms with Gasteiger partial charge in [-0.25, -0.2) is 4.98 Å². The zero-order valence-corrected chi connectivity index (χ0v) is 11.6. The molecular weight excluding hydrogens is 238 g/mol. The summed E-state index contributed by atoms with van der Waals surface area (Å²) in [4.78, 5) is 4.49. The van der Waals surface area contributed by atoms with E-state index in [2.05, 4.69) is 22.5 Å². The molecule has 1 fully saturated rings. The monoisotopic (exact) mass is 259 g/mol. The molecule has 3 rings (SSSR count). The van der Waals surface area contributed by atoms with Crippen molar-refractivity contribution in [2.45, 2.75) is 38.6 Å². The smallest absolute Gasteiger partial charge is 0.201 e. The van der Waals surface area contributed by atoms with Crippen molar-refractivity contribution < 1.29 is 4.74 Å². The van der Waals surface area contributed by atoms with Crippen LogP contribution in [0, 0.1) is 5.92 Å². The Bertz CT molecular complexity index is 590. The van der Waals surface area contributed by atoms with Crippen LogP contribution in [0.2, 0.25) is 0 Å². The van der Waals surface area contributed by atoms with E-state index in [1.165, 1.54) is 25.7 Å². The minimum Gasteiger partial charge on any atom is -0.497 e. The van der Waals surface area contributed by atoms with Crippen molar-refractivity contribution in [3.8, 4) is 5.75 Å². The number of nitrogens with two attached hydrogens (primary N) is 1. The first kappa shape index (κ1) is 12.3. The van der Waals surface area contributed by atoms with E-state index in [0.29, 0.717) is 17.9 Å². The van der Waals surface area contributed by atoms with E-state index in [4.69, 9.17) is 10.5 Å². The minimum atomic E-state index is 0.479. The Hall–Kier alpha value is -1.71. The Labute approximate surface area is 113 Å². The minimum absolute atomic E-state index is 0.479. The van der Waals surface area contributed by atoms with E-state index < -0.39 is 0 Å². The highest BCUT2D eigenvalue weighted by atomic mass is 16.5. The molecule has 2 unspecified atom stereocenters. The average Bonchev–Trinajstić information content (AvgIpc) is 2.74. The van der Waals surface area contributed by atoms with Crippen LogP contribution < -0.4 is 10.5 Å². The van der Waals surface area contributed by atoms with Crippen molar-refractivity contribution in [3.05, 3.63) is 18.2 Å². The van der Waals surface area contributed by atoms with Gasteiger partial charge in [0.15, 0.2) is 0 Å². The zero-order valence-electron chi connectivity index (χ0n) is 11.6. The number of ether oxygens (including phenoxy) is 1. The largest absolute Gasteiger partial charge is 0.497 e. The van der Waals surface area contributed by atoms with E-state index >= 15 is 0 Å². The van der Waals surface area contributed by atoms with Crippen LogP contribution in [-0.4, -0.2) is 16.7 Å². The van der Waals surface area contributed by atoms with Crippen molar-refractivity contribution in [2.75, 3.05) is 12.8 Å². The number of methoxy groups -OCH3 is 1. The lowest BCUT2D eigenvalue weighted by Gasteiger charge is -2.31. The molecule has 2 N–H and O–H groups in total. The third-order valence-electron chi connectivity index (χ3n) is 4.32. The van der Waals surface area contributed by atoms with Crippen LogP contribution in [0.3, 0.4) is 0 Å². The first-order valence-electron chi connectivity index (χ1n) is 7.02. The van der Waals surface area contributed by atoms with Crippen molar-refractivity contribution in [1.29, 1.82) is 0 Å². The molecule has 0 amide bonds. The second kappa shape index (κ2) is 4.76. The van der Waals surface area contributed by atoms with Gasteiger partial charge in [0.25, 0.3) is 0 Å². The number of nitrogen functional groups attached to an aromatic ring is 1. The first-order chi connectivity index (χ1) is 9.20. The number of anilines is 1. The average molecular weight is 259 g/mol. The van der Waals surface area contributed by atoms with Gasteiger partial charge in [0, 0.05) is 12.1 Å². The summed E-state index contributed by atoms with van der Waals surface area (Å²) < 4.78 is 7.47. The highest BCUT2D eigenvalue weighted by molar-refractivity contribution is 5.80. The fourth-order valence-corrected chi connectivity index (χ4v) is 3.25. The van der Waals surface area contributed by atoms with Crippen LogP contribution in [-0.2, 0) is 0 Å². The second-order valence-corrected chi connectivity index (χ2v) is 5.52. The molecule has 0 aliphatic heterocycles. The van der Waals surface area contributed by atoms with Gasteiger partial charge in [-0.2, -0.15) is 0 Å². The Morgan fingerprint density at radius 1 is 1.32 bits per heavy atom. The van der Waals surface area contributed by atoms with E-state index in [-0.39, 0.29) is 0 Å². The Kier molecular flexibility index (Phi) is 3.09. The maximum atomic E-state index is 6.15. The highest BCUT2D eigenvalue weighted by Crippen LogP contribution is 2.37. The Morgan fingerprint density at radius 3 is 2.84 bits per heavy atom. The summed E-state index contributed by atoms with van der Waals surface area (Å²) in [6.07, 6.45) is 5.09. The van der Waals surface area contributed by atoms with Gasteiger partial charge in [-0.1, -0.05) is 19.8 Å². The van der Waals surface area contributed by atoms with Crippen molar-refractivity contribution in [2.24, 2.45) is 5.92 Å². The van der Waals surface area contributed by atoms with Gasteiger partial charge in [0.1, 0.15) is 5.75 Å². The lowest BCUT2D eigenvalue weighted by molar-refractivity contribution is 0.264. The lowest BCUT2D eigenvalue weighted by atomic mass is 9.85. The fourth-order valence-electron chi connectivity index (χ4n) is 3.25. The molecule has 1 aliphatic carbocycles. The maximum Gasteiger partial charge on any atom is 0.201 e.